The fraction of sp³-hybridized carbons (Fsp3) is 0.444. The normalized spacial score (nSPS) is 17.7. The number of hydrogen-bond acceptors (Lipinski definition) is 3. The first-order chi connectivity index (χ1) is 11.1. The van der Waals surface area contributed by atoms with Gasteiger partial charge in [0.25, 0.3) is 0 Å². The molecule has 1 fully saturated rings. The Labute approximate surface area is 136 Å². The SMILES string of the molecule is Cc1nn(-c2ccccc2)c(C)c1CC(=O)N1CCC[C@@H]1CO. The molecular formula is C18H23N3O2. The van der Waals surface area contributed by atoms with Gasteiger partial charge in [-0.3, -0.25) is 4.79 Å². The van der Waals surface area contributed by atoms with Crippen LogP contribution in [0.4, 0.5) is 0 Å². The molecule has 1 aliphatic rings. The second kappa shape index (κ2) is 6.54. The second-order valence-corrected chi connectivity index (χ2v) is 6.14. The predicted octanol–water partition coefficient (Wildman–Crippen LogP) is 2.01. The van der Waals surface area contributed by atoms with Crippen LogP contribution in [-0.4, -0.2) is 44.9 Å². The number of benzene rings is 1. The summed E-state index contributed by atoms with van der Waals surface area (Å²) in [6, 6.07) is 9.93. The minimum Gasteiger partial charge on any atom is -0.394 e. The summed E-state index contributed by atoms with van der Waals surface area (Å²) in [5, 5.41) is 14.0. The third-order valence-electron chi connectivity index (χ3n) is 4.68. The van der Waals surface area contributed by atoms with Gasteiger partial charge in [-0.15, -0.1) is 0 Å². The Kier molecular flexibility index (Phi) is 4.48. The fourth-order valence-corrected chi connectivity index (χ4v) is 3.36. The summed E-state index contributed by atoms with van der Waals surface area (Å²) < 4.78 is 1.89. The van der Waals surface area contributed by atoms with Crippen molar-refractivity contribution < 1.29 is 9.90 Å². The maximum absolute atomic E-state index is 12.6. The molecule has 1 N–H and O–H groups in total. The number of rotatable bonds is 4. The van der Waals surface area contributed by atoms with Crippen LogP contribution in [0.3, 0.4) is 0 Å². The van der Waals surface area contributed by atoms with Crippen LogP contribution >= 0.6 is 0 Å². The monoisotopic (exact) mass is 313 g/mol. The van der Waals surface area contributed by atoms with Crippen molar-refractivity contribution in [3.63, 3.8) is 0 Å². The Bertz CT molecular complexity index is 694. The Morgan fingerprint density at radius 2 is 2.04 bits per heavy atom. The van der Waals surface area contributed by atoms with E-state index >= 15 is 0 Å². The molecule has 1 aliphatic heterocycles. The molecule has 1 aromatic heterocycles. The number of hydrogen-bond donors (Lipinski definition) is 1. The maximum Gasteiger partial charge on any atom is 0.227 e. The van der Waals surface area contributed by atoms with Crippen LogP contribution in [0.15, 0.2) is 30.3 Å². The van der Waals surface area contributed by atoms with Crippen molar-refractivity contribution in [3.05, 3.63) is 47.3 Å². The van der Waals surface area contributed by atoms with Gasteiger partial charge in [-0.05, 0) is 38.8 Å². The molecule has 2 aromatic rings. The smallest absolute Gasteiger partial charge is 0.227 e. The number of carbonyl (C=O) groups excluding carboxylic acids is 1. The topological polar surface area (TPSA) is 58.4 Å². The largest absolute Gasteiger partial charge is 0.394 e. The van der Waals surface area contributed by atoms with E-state index in [4.69, 9.17) is 0 Å². The van der Waals surface area contributed by atoms with Crippen LogP contribution in [0.25, 0.3) is 5.69 Å². The van der Waals surface area contributed by atoms with Crippen LogP contribution in [0, 0.1) is 13.8 Å². The van der Waals surface area contributed by atoms with Gasteiger partial charge in [-0.25, -0.2) is 4.68 Å². The van der Waals surface area contributed by atoms with Gasteiger partial charge in [-0.2, -0.15) is 5.10 Å². The molecule has 0 radical (unpaired) electrons. The summed E-state index contributed by atoms with van der Waals surface area (Å²) >= 11 is 0. The molecule has 0 spiro atoms. The molecule has 3 rings (SSSR count). The molecule has 5 heteroatoms. The molecule has 1 amide bonds. The summed E-state index contributed by atoms with van der Waals surface area (Å²) in [6.45, 7) is 4.74. The first-order valence-corrected chi connectivity index (χ1v) is 8.12. The zero-order valence-corrected chi connectivity index (χ0v) is 13.7. The molecule has 122 valence electrons. The third-order valence-corrected chi connectivity index (χ3v) is 4.68. The standard InChI is InChI=1S/C18H23N3O2/c1-13-17(11-18(23)20-10-6-9-16(20)12-22)14(2)21(19-13)15-7-4-3-5-8-15/h3-5,7-8,16,22H,6,9-12H2,1-2H3/t16-/m1/s1. The van der Waals surface area contributed by atoms with E-state index in [1.54, 1.807) is 0 Å². The average molecular weight is 313 g/mol. The molecule has 5 nitrogen and oxygen atoms in total. The summed E-state index contributed by atoms with van der Waals surface area (Å²) in [5.41, 5.74) is 3.88. The Morgan fingerprint density at radius 3 is 2.74 bits per heavy atom. The van der Waals surface area contributed by atoms with Crippen LogP contribution in [0.5, 0.6) is 0 Å². The minimum atomic E-state index is -0.0210. The zero-order valence-electron chi connectivity index (χ0n) is 13.7. The number of carbonyl (C=O) groups is 1. The quantitative estimate of drug-likeness (QED) is 0.939. The lowest BCUT2D eigenvalue weighted by molar-refractivity contribution is -0.132. The van der Waals surface area contributed by atoms with Gasteiger partial charge in [0.2, 0.25) is 5.91 Å². The molecule has 1 atom stereocenters. The Hall–Kier alpha value is -2.14. The van der Waals surface area contributed by atoms with Gasteiger partial charge in [-0.1, -0.05) is 18.2 Å². The van der Waals surface area contributed by atoms with E-state index in [1.165, 1.54) is 0 Å². The molecule has 0 aliphatic carbocycles. The summed E-state index contributed by atoms with van der Waals surface area (Å²) in [4.78, 5) is 14.4. The summed E-state index contributed by atoms with van der Waals surface area (Å²) in [5.74, 6) is 0.0837. The highest BCUT2D eigenvalue weighted by Crippen LogP contribution is 2.22. The van der Waals surface area contributed by atoms with Gasteiger partial charge in [0.15, 0.2) is 0 Å². The van der Waals surface area contributed by atoms with Crippen LogP contribution in [0.2, 0.25) is 0 Å². The minimum absolute atomic E-state index is 0.0210. The number of aliphatic hydroxyl groups excluding tert-OH is 1. The number of amides is 1. The fourth-order valence-electron chi connectivity index (χ4n) is 3.36. The van der Waals surface area contributed by atoms with E-state index in [2.05, 4.69) is 5.10 Å². The van der Waals surface area contributed by atoms with Crippen molar-refractivity contribution in [2.45, 2.75) is 39.2 Å². The molecule has 0 saturated carbocycles. The number of aromatic nitrogens is 2. The van der Waals surface area contributed by atoms with E-state index < -0.39 is 0 Å². The van der Waals surface area contributed by atoms with E-state index in [-0.39, 0.29) is 18.6 Å². The van der Waals surface area contributed by atoms with E-state index in [0.29, 0.717) is 6.42 Å². The summed E-state index contributed by atoms with van der Waals surface area (Å²) in [6.07, 6.45) is 2.21. The molecular weight excluding hydrogens is 290 g/mol. The number of aryl methyl sites for hydroxylation is 1. The number of nitrogens with zero attached hydrogens (tertiary/aromatic N) is 3. The van der Waals surface area contributed by atoms with Crippen molar-refractivity contribution in [2.75, 3.05) is 13.2 Å². The maximum atomic E-state index is 12.6. The molecule has 23 heavy (non-hydrogen) atoms. The molecule has 0 bridgehead atoms. The first kappa shape index (κ1) is 15.7. The van der Waals surface area contributed by atoms with Crippen molar-refractivity contribution in [2.24, 2.45) is 0 Å². The van der Waals surface area contributed by atoms with Gasteiger partial charge in [0.05, 0.1) is 30.5 Å². The number of likely N-dealkylation sites (tertiary alicyclic amines) is 1. The highest BCUT2D eigenvalue weighted by molar-refractivity contribution is 5.80. The van der Waals surface area contributed by atoms with E-state index in [9.17, 15) is 9.90 Å². The molecule has 0 unspecified atom stereocenters. The highest BCUT2D eigenvalue weighted by Gasteiger charge is 2.29. The lowest BCUT2D eigenvalue weighted by Crippen LogP contribution is -2.38. The molecule has 2 heterocycles. The molecule has 1 aromatic carbocycles. The van der Waals surface area contributed by atoms with Crippen molar-refractivity contribution >= 4 is 5.91 Å². The van der Waals surface area contributed by atoms with Crippen LogP contribution in [-0.2, 0) is 11.2 Å². The van der Waals surface area contributed by atoms with Gasteiger partial charge in [0, 0.05) is 17.8 Å². The Morgan fingerprint density at radius 1 is 1.30 bits per heavy atom. The third kappa shape index (κ3) is 3.01. The van der Waals surface area contributed by atoms with Gasteiger partial charge in [0.1, 0.15) is 0 Å². The van der Waals surface area contributed by atoms with Crippen molar-refractivity contribution in [3.8, 4) is 5.69 Å². The van der Waals surface area contributed by atoms with Crippen LogP contribution < -0.4 is 0 Å². The van der Waals surface area contributed by atoms with Gasteiger partial charge < -0.3 is 10.0 Å². The van der Waals surface area contributed by atoms with E-state index in [0.717, 1.165) is 42.0 Å². The zero-order chi connectivity index (χ0) is 16.4. The number of aliphatic hydroxyl groups is 1. The van der Waals surface area contributed by atoms with Crippen LogP contribution in [0.1, 0.15) is 29.8 Å². The van der Waals surface area contributed by atoms with Gasteiger partial charge >= 0.3 is 0 Å². The lowest BCUT2D eigenvalue weighted by atomic mass is 10.1. The predicted molar refractivity (Wildman–Crippen MR) is 88.6 cm³/mol. The van der Waals surface area contributed by atoms with E-state index in [1.807, 2.05) is 53.8 Å². The van der Waals surface area contributed by atoms with Crippen molar-refractivity contribution in [1.82, 2.24) is 14.7 Å². The lowest BCUT2D eigenvalue weighted by Gasteiger charge is -2.23. The Balaban J connectivity index is 1.84. The number of para-hydroxylation sites is 1. The summed E-state index contributed by atoms with van der Waals surface area (Å²) in [7, 11) is 0. The average Bonchev–Trinajstić information content (AvgIpc) is 3.15. The second-order valence-electron chi connectivity index (χ2n) is 6.14. The first-order valence-electron chi connectivity index (χ1n) is 8.12. The van der Waals surface area contributed by atoms with Crippen molar-refractivity contribution in [1.29, 1.82) is 0 Å². The molecule has 1 saturated heterocycles. The highest BCUT2D eigenvalue weighted by atomic mass is 16.3.